The van der Waals surface area contributed by atoms with Crippen molar-refractivity contribution >= 4 is 17.5 Å². The summed E-state index contributed by atoms with van der Waals surface area (Å²) in [4.78, 5) is 12.2. The zero-order valence-electron chi connectivity index (χ0n) is 20.0. The number of primary amides is 1. The van der Waals surface area contributed by atoms with Crippen LogP contribution in [0.2, 0.25) is 5.02 Å². The number of halogens is 2. The molecule has 6 nitrogen and oxygen atoms in total. The van der Waals surface area contributed by atoms with Crippen LogP contribution in [0.5, 0.6) is 5.75 Å². The second-order valence-electron chi connectivity index (χ2n) is 8.46. The SMILES string of the molecule is COCCOc1ccc(C(N)=O)c(-c2cc(C(O)(CNC(C)C)c3ccccc3)ccc2Cl)c1F. The molecular formula is C27H30ClFN2O4. The molecule has 0 saturated carbocycles. The van der Waals surface area contributed by atoms with Crippen LogP contribution in [0, 0.1) is 5.82 Å². The van der Waals surface area contributed by atoms with Crippen LogP contribution in [0.15, 0.2) is 60.7 Å². The maximum absolute atomic E-state index is 15.7. The van der Waals surface area contributed by atoms with Crippen molar-refractivity contribution in [1.29, 1.82) is 0 Å². The summed E-state index contributed by atoms with van der Waals surface area (Å²) < 4.78 is 26.1. The number of ether oxygens (including phenoxy) is 2. The van der Waals surface area contributed by atoms with Crippen LogP contribution in [0.1, 0.15) is 35.3 Å². The topological polar surface area (TPSA) is 93.8 Å². The number of benzene rings is 3. The Morgan fingerprint density at radius 1 is 1.11 bits per heavy atom. The van der Waals surface area contributed by atoms with Crippen molar-refractivity contribution in [1.82, 2.24) is 5.32 Å². The van der Waals surface area contributed by atoms with Crippen molar-refractivity contribution < 1.29 is 23.8 Å². The predicted octanol–water partition coefficient (Wildman–Crippen LogP) is 4.50. The van der Waals surface area contributed by atoms with Crippen LogP contribution in [0.3, 0.4) is 0 Å². The highest BCUT2D eigenvalue weighted by molar-refractivity contribution is 6.33. The van der Waals surface area contributed by atoms with Crippen LogP contribution >= 0.6 is 11.6 Å². The van der Waals surface area contributed by atoms with Crippen LogP contribution in [0.25, 0.3) is 11.1 Å². The van der Waals surface area contributed by atoms with E-state index in [2.05, 4.69) is 5.32 Å². The Morgan fingerprint density at radius 3 is 2.46 bits per heavy atom. The molecule has 1 atom stereocenters. The maximum atomic E-state index is 15.7. The normalized spacial score (nSPS) is 13.0. The number of hydrogen-bond acceptors (Lipinski definition) is 5. The van der Waals surface area contributed by atoms with E-state index in [9.17, 15) is 9.90 Å². The number of rotatable bonds is 11. The van der Waals surface area contributed by atoms with Crippen molar-refractivity contribution in [3.8, 4) is 16.9 Å². The molecule has 3 rings (SSSR count). The first kappa shape index (κ1) is 26.6. The highest BCUT2D eigenvalue weighted by Gasteiger charge is 2.33. The number of aliphatic hydroxyl groups is 1. The van der Waals surface area contributed by atoms with Crippen molar-refractivity contribution in [2.24, 2.45) is 5.73 Å². The fraction of sp³-hybridized carbons (Fsp3) is 0.296. The molecule has 1 unspecified atom stereocenters. The van der Waals surface area contributed by atoms with Crippen molar-refractivity contribution in [3.63, 3.8) is 0 Å². The fourth-order valence-electron chi connectivity index (χ4n) is 3.78. The summed E-state index contributed by atoms with van der Waals surface area (Å²) in [5.74, 6) is -1.66. The fourth-order valence-corrected chi connectivity index (χ4v) is 3.99. The van der Waals surface area contributed by atoms with Gasteiger partial charge in [0, 0.05) is 35.8 Å². The van der Waals surface area contributed by atoms with Gasteiger partial charge in [-0.2, -0.15) is 0 Å². The van der Waals surface area contributed by atoms with Gasteiger partial charge in [-0.3, -0.25) is 4.79 Å². The average molecular weight is 501 g/mol. The molecule has 3 aromatic carbocycles. The second kappa shape index (κ2) is 11.6. The van der Waals surface area contributed by atoms with Gasteiger partial charge in [-0.1, -0.05) is 61.8 Å². The molecule has 4 N–H and O–H groups in total. The molecule has 8 heteroatoms. The van der Waals surface area contributed by atoms with Gasteiger partial charge in [0.2, 0.25) is 5.91 Å². The van der Waals surface area contributed by atoms with Gasteiger partial charge in [0.05, 0.1) is 12.2 Å². The zero-order valence-corrected chi connectivity index (χ0v) is 20.7. The molecule has 0 radical (unpaired) electrons. The van der Waals surface area contributed by atoms with Gasteiger partial charge < -0.3 is 25.6 Å². The van der Waals surface area contributed by atoms with Crippen molar-refractivity contribution in [2.45, 2.75) is 25.5 Å². The van der Waals surface area contributed by atoms with Crippen molar-refractivity contribution in [2.75, 3.05) is 26.9 Å². The summed E-state index contributed by atoms with van der Waals surface area (Å²) in [5, 5.41) is 15.3. The Morgan fingerprint density at radius 2 is 1.83 bits per heavy atom. The monoisotopic (exact) mass is 500 g/mol. The maximum Gasteiger partial charge on any atom is 0.249 e. The zero-order chi connectivity index (χ0) is 25.6. The number of amides is 1. The molecule has 0 aliphatic carbocycles. The van der Waals surface area contributed by atoms with E-state index in [0.717, 1.165) is 0 Å². The largest absolute Gasteiger partial charge is 0.488 e. The third-order valence-electron chi connectivity index (χ3n) is 5.65. The van der Waals surface area contributed by atoms with E-state index in [0.29, 0.717) is 11.1 Å². The minimum Gasteiger partial charge on any atom is -0.488 e. The number of methoxy groups -OCH3 is 1. The molecule has 3 aromatic rings. The number of nitrogens with one attached hydrogen (secondary N) is 1. The smallest absolute Gasteiger partial charge is 0.249 e. The lowest BCUT2D eigenvalue weighted by Gasteiger charge is -2.31. The lowest BCUT2D eigenvalue weighted by atomic mass is 9.84. The standard InChI is InChI=1S/C27H30ClFN2O4/c1-17(2)31-16-27(33,18-7-5-4-6-8-18)19-9-11-22(28)21(15-19)24-20(26(30)32)10-12-23(25(24)29)35-14-13-34-3/h4-12,15,17,31,33H,13-14,16H2,1-3H3,(H2,30,32). The molecule has 35 heavy (non-hydrogen) atoms. The minimum absolute atomic E-state index is 0.0517. The lowest BCUT2D eigenvalue weighted by Crippen LogP contribution is -2.41. The molecule has 0 fully saturated rings. The summed E-state index contributed by atoms with van der Waals surface area (Å²) in [6.45, 7) is 4.52. The molecule has 0 bridgehead atoms. The highest BCUT2D eigenvalue weighted by atomic mass is 35.5. The van der Waals surface area contributed by atoms with E-state index >= 15 is 4.39 Å². The summed E-state index contributed by atoms with van der Waals surface area (Å²) in [5.41, 5.74) is 5.30. The number of hydrogen-bond donors (Lipinski definition) is 3. The molecule has 0 aliphatic rings. The molecular weight excluding hydrogens is 471 g/mol. The number of nitrogens with two attached hydrogens (primary N) is 1. The van der Waals surface area contributed by atoms with E-state index in [1.54, 1.807) is 18.2 Å². The number of carbonyl (C=O) groups is 1. The Bertz CT molecular complexity index is 1170. The minimum atomic E-state index is -1.46. The van der Waals surface area contributed by atoms with Gasteiger partial charge in [0.15, 0.2) is 11.6 Å². The van der Waals surface area contributed by atoms with Gasteiger partial charge in [-0.05, 0) is 35.4 Å². The highest BCUT2D eigenvalue weighted by Crippen LogP contribution is 2.40. The molecule has 0 aliphatic heterocycles. The molecule has 0 aromatic heterocycles. The molecule has 1 amide bonds. The van der Waals surface area contributed by atoms with Gasteiger partial charge in [-0.25, -0.2) is 4.39 Å². The van der Waals surface area contributed by atoms with Gasteiger partial charge in [0.25, 0.3) is 0 Å². The quantitative estimate of drug-likeness (QED) is 0.337. The van der Waals surface area contributed by atoms with Crippen LogP contribution in [0.4, 0.5) is 4.39 Å². The van der Waals surface area contributed by atoms with E-state index in [1.807, 2.05) is 44.2 Å². The first-order valence-electron chi connectivity index (χ1n) is 11.2. The van der Waals surface area contributed by atoms with E-state index in [-0.39, 0.29) is 53.3 Å². The molecule has 0 spiro atoms. The van der Waals surface area contributed by atoms with Crippen LogP contribution in [-0.4, -0.2) is 43.9 Å². The summed E-state index contributed by atoms with van der Waals surface area (Å²) >= 11 is 6.51. The Kier molecular flexibility index (Phi) is 8.86. The van der Waals surface area contributed by atoms with Crippen LogP contribution < -0.4 is 15.8 Å². The Balaban J connectivity index is 2.20. The number of carbonyl (C=O) groups excluding carboxylic acids is 1. The average Bonchev–Trinajstić information content (AvgIpc) is 2.84. The van der Waals surface area contributed by atoms with Gasteiger partial charge >= 0.3 is 0 Å². The summed E-state index contributed by atoms with van der Waals surface area (Å²) in [6.07, 6.45) is 0. The Labute approximate surface area is 209 Å². The van der Waals surface area contributed by atoms with E-state index in [1.165, 1.54) is 19.2 Å². The third kappa shape index (κ3) is 6.00. The lowest BCUT2D eigenvalue weighted by molar-refractivity contribution is 0.0778. The van der Waals surface area contributed by atoms with Crippen LogP contribution in [-0.2, 0) is 10.3 Å². The first-order valence-corrected chi connectivity index (χ1v) is 11.6. The summed E-state index contributed by atoms with van der Waals surface area (Å²) in [7, 11) is 1.51. The second-order valence-corrected chi connectivity index (χ2v) is 8.87. The third-order valence-corrected chi connectivity index (χ3v) is 5.98. The van der Waals surface area contributed by atoms with Gasteiger partial charge in [0.1, 0.15) is 12.2 Å². The Hall–Kier alpha value is -2.97. The molecule has 0 heterocycles. The van der Waals surface area contributed by atoms with Crippen molar-refractivity contribution in [3.05, 3.63) is 88.2 Å². The predicted molar refractivity (Wildman–Crippen MR) is 135 cm³/mol. The molecule has 0 saturated heterocycles. The molecule has 186 valence electrons. The summed E-state index contributed by atoms with van der Waals surface area (Å²) in [6, 6.07) is 16.8. The first-order chi connectivity index (χ1) is 16.7. The van der Waals surface area contributed by atoms with E-state index in [4.69, 9.17) is 26.8 Å². The van der Waals surface area contributed by atoms with E-state index < -0.39 is 17.3 Å². The van der Waals surface area contributed by atoms with Gasteiger partial charge in [-0.15, -0.1) is 0 Å².